The maximum atomic E-state index is 9.03. The Morgan fingerprint density at radius 2 is 2.33 bits per heavy atom. The van der Waals surface area contributed by atoms with E-state index >= 15 is 0 Å². The molecule has 5 heteroatoms. The molecule has 0 aliphatic carbocycles. The zero-order valence-corrected chi connectivity index (χ0v) is 8.94. The fraction of sp³-hybridized carbons (Fsp3) is 0.200. The van der Waals surface area contributed by atoms with Crippen molar-refractivity contribution < 1.29 is 5.11 Å². The molecule has 0 aliphatic rings. The zero-order chi connectivity index (χ0) is 10.8. The van der Waals surface area contributed by atoms with Gasteiger partial charge in [0.25, 0.3) is 0 Å². The molecule has 1 N–H and O–H groups in total. The van der Waals surface area contributed by atoms with Gasteiger partial charge in [-0.05, 0) is 12.1 Å². The first kappa shape index (κ1) is 10.1. The molecule has 2 aromatic heterocycles. The van der Waals surface area contributed by atoms with Crippen molar-refractivity contribution in [2.75, 3.05) is 0 Å². The molecule has 0 unspecified atom stereocenters. The van der Waals surface area contributed by atoms with Gasteiger partial charge in [0, 0.05) is 25.0 Å². The van der Waals surface area contributed by atoms with Crippen LogP contribution in [0.3, 0.4) is 0 Å². The van der Waals surface area contributed by atoms with Crippen LogP contribution in [0.15, 0.2) is 24.5 Å². The van der Waals surface area contributed by atoms with E-state index in [9.17, 15) is 0 Å². The summed E-state index contributed by atoms with van der Waals surface area (Å²) < 4.78 is 1.73. The zero-order valence-electron chi connectivity index (χ0n) is 8.18. The first-order valence-electron chi connectivity index (χ1n) is 4.46. The maximum Gasteiger partial charge on any atom is 0.142 e. The molecule has 2 aromatic rings. The average molecular weight is 224 g/mol. The van der Waals surface area contributed by atoms with Crippen LogP contribution in [0.1, 0.15) is 5.69 Å². The molecule has 0 spiro atoms. The van der Waals surface area contributed by atoms with E-state index in [2.05, 4.69) is 9.97 Å². The lowest BCUT2D eigenvalue weighted by Gasteiger charge is -2.00. The molecule has 0 aromatic carbocycles. The number of aliphatic hydroxyl groups excluding tert-OH is 1. The van der Waals surface area contributed by atoms with Gasteiger partial charge < -0.3 is 9.67 Å². The average Bonchev–Trinajstić information content (AvgIpc) is 2.57. The minimum absolute atomic E-state index is 0.160. The Kier molecular flexibility index (Phi) is 2.70. The van der Waals surface area contributed by atoms with Gasteiger partial charge in [0.1, 0.15) is 16.7 Å². The van der Waals surface area contributed by atoms with Crippen LogP contribution in [0, 0.1) is 0 Å². The highest BCUT2D eigenvalue weighted by Gasteiger charge is 2.13. The Labute approximate surface area is 92.2 Å². The van der Waals surface area contributed by atoms with E-state index in [-0.39, 0.29) is 6.61 Å². The fourth-order valence-electron chi connectivity index (χ4n) is 1.39. The van der Waals surface area contributed by atoms with Crippen LogP contribution in [-0.2, 0) is 13.7 Å². The number of aromatic nitrogens is 3. The summed E-state index contributed by atoms with van der Waals surface area (Å²) in [5.41, 5.74) is 1.36. The summed E-state index contributed by atoms with van der Waals surface area (Å²) in [5.74, 6) is 0.706. The minimum Gasteiger partial charge on any atom is -0.390 e. The first-order valence-corrected chi connectivity index (χ1v) is 4.84. The molecule has 2 heterocycles. The summed E-state index contributed by atoms with van der Waals surface area (Å²) in [6, 6.07) is 3.73. The molecule has 0 radical (unpaired) electrons. The van der Waals surface area contributed by atoms with Crippen molar-refractivity contribution in [2.24, 2.45) is 7.05 Å². The molecule has 0 saturated carbocycles. The largest absolute Gasteiger partial charge is 0.390 e. The summed E-state index contributed by atoms with van der Waals surface area (Å²) >= 11 is 5.98. The number of aliphatic hydroxyl groups is 1. The van der Waals surface area contributed by atoms with Gasteiger partial charge in [-0.25, -0.2) is 4.98 Å². The van der Waals surface area contributed by atoms with E-state index < -0.39 is 0 Å². The third-order valence-electron chi connectivity index (χ3n) is 2.16. The van der Waals surface area contributed by atoms with Crippen LogP contribution in [0.25, 0.3) is 11.4 Å². The Balaban J connectivity index is 2.55. The highest BCUT2D eigenvalue weighted by molar-refractivity contribution is 6.30. The number of nitrogens with zero attached hydrogens (tertiary/aromatic N) is 3. The molecule has 0 aliphatic heterocycles. The molecular formula is C10H10ClN3O. The molecule has 4 nitrogen and oxygen atoms in total. The molecule has 0 fully saturated rings. The van der Waals surface area contributed by atoms with Crippen LogP contribution in [0.2, 0.25) is 5.15 Å². The molecule has 0 amide bonds. The highest BCUT2D eigenvalue weighted by Crippen LogP contribution is 2.23. The highest BCUT2D eigenvalue weighted by atomic mass is 35.5. The van der Waals surface area contributed by atoms with Crippen molar-refractivity contribution >= 4 is 11.6 Å². The van der Waals surface area contributed by atoms with Gasteiger partial charge >= 0.3 is 0 Å². The normalized spacial score (nSPS) is 10.6. The molecule has 0 bridgehead atoms. The topological polar surface area (TPSA) is 50.9 Å². The minimum atomic E-state index is -0.160. The lowest BCUT2D eigenvalue weighted by molar-refractivity contribution is 0.277. The monoisotopic (exact) mass is 223 g/mol. The number of rotatable bonds is 2. The number of hydrogen-bond acceptors (Lipinski definition) is 3. The smallest absolute Gasteiger partial charge is 0.142 e. The lowest BCUT2D eigenvalue weighted by Crippen LogP contribution is -1.92. The van der Waals surface area contributed by atoms with Gasteiger partial charge in [-0.15, -0.1) is 0 Å². The Hall–Kier alpha value is -1.39. The van der Waals surface area contributed by atoms with Gasteiger partial charge in [0.05, 0.1) is 6.61 Å². The van der Waals surface area contributed by atoms with E-state index in [1.54, 1.807) is 24.0 Å². The third-order valence-corrected chi connectivity index (χ3v) is 2.63. The van der Waals surface area contributed by atoms with E-state index in [0.717, 1.165) is 5.56 Å². The molecule has 2 rings (SSSR count). The second-order valence-electron chi connectivity index (χ2n) is 3.13. The van der Waals surface area contributed by atoms with Crippen molar-refractivity contribution in [2.45, 2.75) is 6.61 Å². The summed E-state index contributed by atoms with van der Waals surface area (Å²) in [5, 5.41) is 9.48. The maximum absolute atomic E-state index is 9.03. The quantitative estimate of drug-likeness (QED) is 0.842. The fourth-order valence-corrected chi connectivity index (χ4v) is 1.57. The second kappa shape index (κ2) is 4.00. The summed E-state index contributed by atoms with van der Waals surface area (Å²) in [4.78, 5) is 8.25. The molecular weight excluding hydrogens is 214 g/mol. The van der Waals surface area contributed by atoms with Crippen molar-refractivity contribution in [1.29, 1.82) is 0 Å². The molecule has 15 heavy (non-hydrogen) atoms. The Morgan fingerprint density at radius 1 is 1.53 bits per heavy atom. The second-order valence-corrected chi connectivity index (χ2v) is 3.49. The number of halogens is 1. The summed E-state index contributed by atoms with van der Waals surface area (Å²) in [6.45, 7) is -0.160. The van der Waals surface area contributed by atoms with Gasteiger partial charge in [-0.1, -0.05) is 11.6 Å². The van der Waals surface area contributed by atoms with Crippen LogP contribution in [0.5, 0.6) is 0 Å². The van der Waals surface area contributed by atoms with E-state index in [0.29, 0.717) is 16.7 Å². The van der Waals surface area contributed by atoms with Crippen LogP contribution in [-0.4, -0.2) is 19.6 Å². The SMILES string of the molecule is Cn1c(-c2cccnc2)nc(CO)c1Cl. The molecule has 0 atom stereocenters. The molecule has 0 saturated heterocycles. The van der Waals surface area contributed by atoms with Crippen LogP contribution >= 0.6 is 11.6 Å². The van der Waals surface area contributed by atoms with Crippen molar-refractivity contribution in [3.8, 4) is 11.4 Å². The number of hydrogen-bond donors (Lipinski definition) is 1. The lowest BCUT2D eigenvalue weighted by atomic mass is 10.3. The molecule has 78 valence electrons. The van der Waals surface area contributed by atoms with Crippen LogP contribution < -0.4 is 0 Å². The predicted molar refractivity (Wildman–Crippen MR) is 57.4 cm³/mol. The van der Waals surface area contributed by atoms with Crippen molar-refractivity contribution in [3.05, 3.63) is 35.4 Å². The van der Waals surface area contributed by atoms with E-state index in [1.807, 2.05) is 12.1 Å². The predicted octanol–water partition coefficient (Wildman–Crippen LogP) is 1.63. The standard InChI is InChI=1S/C10H10ClN3O/c1-14-9(11)8(6-15)13-10(14)7-3-2-4-12-5-7/h2-5,15H,6H2,1H3. The number of imidazole rings is 1. The summed E-state index contributed by atoms with van der Waals surface area (Å²) in [7, 11) is 1.80. The van der Waals surface area contributed by atoms with Crippen molar-refractivity contribution in [1.82, 2.24) is 14.5 Å². The van der Waals surface area contributed by atoms with E-state index in [4.69, 9.17) is 16.7 Å². The van der Waals surface area contributed by atoms with Gasteiger partial charge in [-0.2, -0.15) is 0 Å². The Bertz CT molecular complexity index is 467. The summed E-state index contributed by atoms with van der Waals surface area (Å²) in [6.07, 6.45) is 3.40. The van der Waals surface area contributed by atoms with Gasteiger partial charge in [0.15, 0.2) is 0 Å². The van der Waals surface area contributed by atoms with E-state index in [1.165, 1.54) is 0 Å². The van der Waals surface area contributed by atoms with Crippen molar-refractivity contribution in [3.63, 3.8) is 0 Å². The third kappa shape index (κ3) is 1.73. The number of pyridine rings is 1. The van der Waals surface area contributed by atoms with Gasteiger partial charge in [0.2, 0.25) is 0 Å². The first-order chi connectivity index (χ1) is 7.24. The van der Waals surface area contributed by atoms with Crippen LogP contribution in [0.4, 0.5) is 0 Å². The Morgan fingerprint density at radius 3 is 2.87 bits per heavy atom. The van der Waals surface area contributed by atoms with Gasteiger partial charge in [-0.3, -0.25) is 4.98 Å².